The molecule has 0 spiro atoms. The fraction of sp³-hybridized carbons (Fsp3) is 0. The Balaban J connectivity index is 1.74. The van der Waals surface area contributed by atoms with Gasteiger partial charge in [-0.3, -0.25) is 0 Å². The Morgan fingerprint density at radius 2 is 1.39 bits per heavy atom. The molecule has 0 aliphatic rings. The first-order valence-electron chi connectivity index (χ1n) is 10.3. The van der Waals surface area contributed by atoms with Gasteiger partial charge in [-0.05, 0) is 35.2 Å². The summed E-state index contributed by atoms with van der Waals surface area (Å²) in [6.07, 6.45) is 0. The summed E-state index contributed by atoms with van der Waals surface area (Å²) in [5.74, 6) is 0. The third-order valence-electron chi connectivity index (χ3n) is 6.08. The molecular formula is C26H11B4BrOS. The number of furan rings is 1. The number of halogens is 1. The van der Waals surface area contributed by atoms with Crippen molar-refractivity contribution in [3.05, 3.63) is 71.2 Å². The summed E-state index contributed by atoms with van der Waals surface area (Å²) in [6, 6.07) is 22.7. The largest absolute Gasteiger partial charge is 0.455 e. The molecule has 0 unspecified atom stereocenters. The van der Waals surface area contributed by atoms with E-state index in [9.17, 15) is 0 Å². The molecule has 4 aromatic carbocycles. The molecule has 0 saturated heterocycles. The standard InChI is InChI=1S/C26H11B4BrOS/c27-21-20(22(28)24(30)25(31)23(21)29)15-10-9-14(18-11-12-5-1-4-8-17(12)33-18)19-13-6-2-3-7-16(13)32-26(15)19/h1-11H. The van der Waals surface area contributed by atoms with E-state index >= 15 is 0 Å². The molecule has 0 saturated carbocycles. The second-order valence-electron chi connectivity index (χ2n) is 7.96. The van der Waals surface area contributed by atoms with E-state index in [2.05, 4.69) is 58.4 Å². The van der Waals surface area contributed by atoms with Gasteiger partial charge in [0, 0.05) is 35.9 Å². The summed E-state index contributed by atoms with van der Waals surface area (Å²) in [6.45, 7) is 0. The quantitative estimate of drug-likeness (QED) is 0.331. The lowest BCUT2D eigenvalue weighted by atomic mass is 9.66. The van der Waals surface area contributed by atoms with E-state index in [-0.39, 0.29) is 0 Å². The van der Waals surface area contributed by atoms with E-state index in [1.807, 2.05) is 24.3 Å². The molecule has 6 aromatic rings. The van der Waals surface area contributed by atoms with Crippen LogP contribution in [0.25, 0.3) is 53.6 Å². The van der Waals surface area contributed by atoms with Crippen molar-refractivity contribution in [1.29, 1.82) is 0 Å². The van der Waals surface area contributed by atoms with Gasteiger partial charge in [-0.15, -0.1) is 11.3 Å². The molecule has 146 valence electrons. The summed E-state index contributed by atoms with van der Waals surface area (Å²) in [7, 11) is 25.4. The third kappa shape index (κ3) is 3.09. The Labute approximate surface area is 208 Å². The summed E-state index contributed by atoms with van der Waals surface area (Å²) in [4.78, 5) is 1.16. The minimum absolute atomic E-state index is 0.356. The number of rotatable bonds is 2. The van der Waals surface area contributed by atoms with Crippen molar-refractivity contribution in [3.63, 3.8) is 0 Å². The third-order valence-corrected chi connectivity index (χ3v) is 8.08. The average Bonchev–Trinajstić information content (AvgIpc) is 3.44. The van der Waals surface area contributed by atoms with Crippen LogP contribution in [0.15, 0.2) is 75.6 Å². The minimum Gasteiger partial charge on any atom is -0.455 e. The highest BCUT2D eigenvalue weighted by Gasteiger charge is 2.21. The van der Waals surface area contributed by atoms with Crippen LogP contribution in [0.2, 0.25) is 0 Å². The zero-order chi connectivity index (χ0) is 22.9. The normalized spacial score (nSPS) is 11.7. The van der Waals surface area contributed by atoms with Gasteiger partial charge in [0.15, 0.2) is 0 Å². The fourth-order valence-corrected chi connectivity index (χ4v) is 5.95. The fourth-order valence-electron chi connectivity index (χ4n) is 4.43. The summed E-state index contributed by atoms with van der Waals surface area (Å²) < 4.78 is 8.13. The number of para-hydroxylation sites is 1. The molecule has 0 atom stereocenters. The van der Waals surface area contributed by atoms with Crippen molar-refractivity contribution in [1.82, 2.24) is 0 Å². The van der Waals surface area contributed by atoms with Gasteiger partial charge in [0.2, 0.25) is 0 Å². The van der Waals surface area contributed by atoms with Crippen LogP contribution in [-0.2, 0) is 0 Å². The van der Waals surface area contributed by atoms with Crippen LogP contribution < -0.4 is 21.9 Å². The highest BCUT2D eigenvalue weighted by atomic mass is 79.9. The molecule has 0 bridgehead atoms. The Hall–Kier alpha value is -2.62. The summed E-state index contributed by atoms with van der Waals surface area (Å²) >= 11 is 5.15. The van der Waals surface area contributed by atoms with Crippen molar-refractivity contribution in [3.8, 4) is 21.6 Å². The van der Waals surface area contributed by atoms with E-state index in [0.29, 0.717) is 37.5 Å². The smallest absolute Gasteiger partial charge is 0.143 e. The highest BCUT2D eigenvalue weighted by Crippen LogP contribution is 2.43. The lowest BCUT2D eigenvalue weighted by molar-refractivity contribution is 0.670. The predicted octanol–water partition coefficient (Wildman–Crippen LogP) is 4.07. The Morgan fingerprint density at radius 3 is 2.15 bits per heavy atom. The topological polar surface area (TPSA) is 13.1 Å². The molecule has 0 aliphatic carbocycles. The maximum absolute atomic E-state index is 6.44. The van der Waals surface area contributed by atoms with Crippen LogP contribution in [0.3, 0.4) is 0 Å². The second-order valence-corrected chi connectivity index (χ2v) is 9.83. The predicted molar refractivity (Wildman–Crippen MR) is 149 cm³/mol. The maximum Gasteiger partial charge on any atom is 0.143 e. The Bertz CT molecular complexity index is 1670. The first-order chi connectivity index (χ1) is 16.0. The zero-order valence-corrected chi connectivity index (χ0v) is 19.8. The maximum atomic E-state index is 6.44. The molecule has 2 heterocycles. The van der Waals surface area contributed by atoms with Gasteiger partial charge in [-0.2, -0.15) is 0 Å². The number of hydrogen-bond donors (Lipinski definition) is 0. The molecule has 0 N–H and O–H groups in total. The minimum atomic E-state index is 0.356. The molecule has 6 rings (SSSR count). The van der Waals surface area contributed by atoms with Gasteiger partial charge < -0.3 is 4.42 Å². The zero-order valence-electron chi connectivity index (χ0n) is 17.4. The van der Waals surface area contributed by atoms with E-state index in [0.717, 1.165) is 32.4 Å². The van der Waals surface area contributed by atoms with Gasteiger partial charge in [0.25, 0.3) is 0 Å². The number of thiophene rings is 1. The second kappa shape index (κ2) is 7.72. The molecular weight excluding hydrogens is 484 g/mol. The molecule has 7 heteroatoms. The Kier molecular flexibility index (Phi) is 4.90. The van der Waals surface area contributed by atoms with Crippen molar-refractivity contribution in [2.45, 2.75) is 0 Å². The van der Waals surface area contributed by atoms with Crippen LogP contribution in [0, 0.1) is 0 Å². The first kappa shape index (κ1) is 20.9. The van der Waals surface area contributed by atoms with Gasteiger partial charge >= 0.3 is 0 Å². The molecule has 0 amide bonds. The van der Waals surface area contributed by atoms with Crippen LogP contribution in [0.1, 0.15) is 0 Å². The number of hydrogen-bond acceptors (Lipinski definition) is 2. The molecule has 0 fully saturated rings. The van der Waals surface area contributed by atoms with Crippen LogP contribution in [-0.4, -0.2) is 31.4 Å². The van der Waals surface area contributed by atoms with Crippen LogP contribution in [0.4, 0.5) is 0 Å². The van der Waals surface area contributed by atoms with E-state index in [4.69, 9.17) is 35.8 Å². The molecule has 33 heavy (non-hydrogen) atoms. The number of benzene rings is 4. The van der Waals surface area contributed by atoms with Gasteiger partial charge in [-0.25, -0.2) is 0 Å². The SMILES string of the molecule is [B]c1c([B])c(-c2ccc(-c3cc4ccccc4s3)c3c2oc2ccccc23)c([B])c([B])c1Br. The van der Waals surface area contributed by atoms with E-state index < -0.39 is 0 Å². The average molecular weight is 495 g/mol. The molecule has 8 radical (unpaired) electrons. The monoisotopic (exact) mass is 494 g/mol. The highest BCUT2D eigenvalue weighted by molar-refractivity contribution is 9.10. The van der Waals surface area contributed by atoms with Gasteiger partial charge in [-0.1, -0.05) is 80.2 Å². The molecule has 1 nitrogen and oxygen atoms in total. The number of fused-ring (bicyclic) bond motifs is 4. The lowest BCUT2D eigenvalue weighted by Gasteiger charge is -2.20. The Morgan fingerprint density at radius 1 is 0.727 bits per heavy atom. The van der Waals surface area contributed by atoms with Crippen molar-refractivity contribution >= 4 is 113 Å². The van der Waals surface area contributed by atoms with Crippen molar-refractivity contribution in [2.24, 2.45) is 0 Å². The van der Waals surface area contributed by atoms with Crippen molar-refractivity contribution in [2.75, 3.05) is 0 Å². The van der Waals surface area contributed by atoms with Gasteiger partial charge in [0.1, 0.15) is 42.6 Å². The molecule has 0 aliphatic heterocycles. The summed E-state index contributed by atoms with van der Waals surface area (Å²) in [5, 5.41) is 3.25. The first-order valence-corrected chi connectivity index (χ1v) is 11.9. The van der Waals surface area contributed by atoms with Crippen molar-refractivity contribution < 1.29 is 4.42 Å². The van der Waals surface area contributed by atoms with Crippen LogP contribution in [0.5, 0.6) is 0 Å². The van der Waals surface area contributed by atoms with E-state index in [1.54, 1.807) is 11.3 Å². The summed E-state index contributed by atoms with van der Waals surface area (Å²) in [5.41, 5.74) is 5.37. The van der Waals surface area contributed by atoms with Crippen LogP contribution >= 0.6 is 27.3 Å². The van der Waals surface area contributed by atoms with E-state index in [1.165, 1.54) is 10.1 Å². The lowest BCUT2D eigenvalue weighted by Crippen LogP contribution is -2.43. The van der Waals surface area contributed by atoms with Gasteiger partial charge in [0.05, 0.1) is 0 Å². The molecule has 2 aromatic heterocycles.